The molecule has 0 aliphatic rings. The monoisotopic (exact) mass is 304 g/mol. The van der Waals surface area contributed by atoms with Crippen molar-refractivity contribution in [3.8, 4) is 0 Å². The molecule has 1 atom stereocenters. The zero-order chi connectivity index (χ0) is 15.2. The third kappa shape index (κ3) is 4.18. The summed E-state index contributed by atoms with van der Waals surface area (Å²) >= 11 is 5.84. The minimum absolute atomic E-state index is 0.210. The Labute approximate surface area is 128 Å². The number of hydrogen-bond donors (Lipinski definition) is 3. The van der Waals surface area contributed by atoms with Crippen LogP contribution in [0.1, 0.15) is 28.8 Å². The Morgan fingerprint density at radius 1 is 1.33 bits per heavy atom. The van der Waals surface area contributed by atoms with E-state index in [-0.39, 0.29) is 17.0 Å². The van der Waals surface area contributed by atoms with Gasteiger partial charge in [-0.2, -0.15) is 0 Å². The number of rotatable bonds is 5. The molecule has 21 heavy (non-hydrogen) atoms. The van der Waals surface area contributed by atoms with Crippen LogP contribution in [0.25, 0.3) is 0 Å². The molecule has 0 bridgehead atoms. The van der Waals surface area contributed by atoms with E-state index in [1.54, 1.807) is 6.07 Å². The molecule has 0 aliphatic heterocycles. The summed E-state index contributed by atoms with van der Waals surface area (Å²) < 4.78 is 0. The van der Waals surface area contributed by atoms with E-state index in [2.05, 4.69) is 22.7 Å². The number of aromatic nitrogens is 1. The van der Waals surface area contributed by atoms with Crippen LogP contribution in [-0.2, 0) is 0 Å². The highest BCUT2D eigenvalue weighted by Crippen LogP contribution is 2.15. The molecule has 0 spiro atoms. The van der Waals surface area contributed by atoms with E-state index < -0.39 is 0 Å². The number of nitrogens with one attached hydrogen (secondary N) is 2. The Morgan fingerprint density at radius 2 is 2.05 bits per heavy atom. The number of anilines is 1. The van der Waals surface area contributed by atoms with Crippen LogP contribution in [-0.4, -0.2) is 17.4 Å². The van der Waals surface area contributed by atoms with E-state index in [1.165, 1.54) is 11.6 Å². The summed E-state index contributed by atoms with van der Waals surface area (Å²) in [5.41, 5.74) is 3.97. The molecular weight excluding hydrogens is 288 g/mol. The molecule has 6 heteroatoms. The van der Waals surface area contributed by atoms with Gasteiger partial charge in [0.2, 0.25) is 0 Å². The summed E-state index contributed by atoms with van der Waals surface area (Å²) in [5.74, 6) is 5.65. The van der Waals surface area contributed by atoms with Gasteiger partial charge in [0.05, 0.1) is 0 Å². The molecule has 5 nitrogen and oxygen atoms in total. The minimum atomic E-state index is -0.210. The smallest absolute Gasteiger partial charge is 0.251 e. The normalized spacial score (nSPS) is 11.8. The molecule has 0 fully saturated rings. The molecular formula is C15H17ClN4O. The van der Waals surface area contributed by atoms with Crippen LogP contribution in [0, 0.1) is 0 Å². The first-order chi connectivity index (χ1) is 10.1. The summed E-state index contributed by atoms with van der Waals surface area (Å²) in [6.45, 7) is 2.59. The van der Waals surface area contributed by atoms with Crippen molar-refractivity contribution in [3.05, 3.63) is 58.7 Å². The number of nitrogens with zero attached hydrogens (tertiary/aromatic N) is 1. The number of hydrogen-bond acceptors (Lipinski definition) is 4. The fraction of sp³-hybridized carbons (Fsp3) is 0.200. The number of halogens is 1. The molecule has 1 heterocycles. The highest BCUT2D eigenvalue weighted by atomic mass is 35.5. The van der Waals surface area contributed by atoms with Crippen LogP contribution in [0.5, 0.6) is 0 Å². The highest BCUT2D eigenvalue weighted by molar-refractivity contribution is 6.29. The van der Waals surface area contributed by atoms with Gasteiger partial charge in [-0.15, -0.1) is 0 Å². The molecule has 110 valence electrons. The molecule has 1 amide bonds. The van der Waals surface area contributed by atoms with Crippen LogP contribution in [0.15, 0.2) is 42.5 Å². The van der Waals surface area contributed by atoms with Gasteiger partial charge in [-0.1, -0.05) is 48.9 Å². The summed E-state index contributed by atoms with van der Waals surface area (Å²) in [6.07, 6.45) is 0. The minimum Gasteiger partial charge on any atom is -0.351 e. The molecule has 1 aromatic carbocycles. The quantitative estimate of drug-likeness (QED) is 0.450. The maximum atomic E-state index is 12.1. The zero-order valence-corrected chi connectivity index (χ0v) is 12.4. The Kier molecular flexibility index (Phi) is 5.14. The lowest BCUT2D eigenvalue weighted by Gasteiger charge is -2.13. The predicted octanol–water partition coefficient (Wildman–Crippen LogP) is 2.55. The van der Waals surface area contributed by atoms with Crippen molar-refractivity contribution in [2.24, 2.45) is 5.84 Å². The second kappa shape index (κ2) is 7.06. The summed E-state index contributed by atoms with van der Waals surface area (Å²) in [7, 11) is 0. The first-order valence-electron chi connectivity index (χ1n) is 6.57. The fourth-order valence-corrected chi connectivity index (χ4v) is 2.16. The number of pyridine rings is 1. The Bertz CT molecular complexity index is 618. The molecule has 1 aromatic heterocycles. The van der Waals surface area contributed by atoms with E-state index in [4.69, 9.17) is 17.4 Å². The highest BCUT2D eigenvalue weighted by Gasteiger charge is 2.11. The molecule has 2 aromatic rings. The van der Waals surface area contributed by atoms with Crippen molar-refractivity contribution in [1.29, 1.82) is 0 Å². The van der Waals surface area contributed by atoms with Gasteiger partial charge < -0.3 is 10.7 Å². The summed E-state index contributed by atoms with van der Waals surface area (Å²) in [4.78, 5) is 16.1. The number of amides is 1. The van der Waals surface area contributed by atoms with E-state index in [0.717, 1.165) is 0 Å². The van der Waals surface area contributed by atoms with Gasteiger partial charge in [0.25, 0.3) is 5.91 Å². The number of nitrogen functional groups attached to an aromatic ring is 1. The van der Waals surface area contributed by atoms with Gasteiger partial charge in [0.1, 0.15) is 11.0 Å². The predicted molar refractivity (Wildman–Crippen MR) is 84.2 cm³/mol. The van der Waals surface area contributed by atoms with E-state index in [9.17, 15) is 4.79 Å². The maximum Gasteiger partial charge on any atom is 0.251 e. The first kappa shape index (κ1) is 15.3. The van der Waals surface area contributed by atoms with Crippen molar-refractivity contribution in [3.63, 3.8) is 0 Å². The number of hydrazine groups is 1. The maximum absolute atomic E-state index is 12.1. The second-order valence-corrected chi connectivity index (χ2v) is 5.12. The van der Waals surface area contributed by atoms with Crippen LogP contribution in [0.2, 0.25) is 5.15 Å². The Morgan fingerprint density at radius 3 is 2.71 bits per heavy atom. The van der Waals surface area contributed by atoms with Crippen LogP contribution in [0.4, 0.5) is 5.82 Å². The van der Waals surface area contributed by atoms with Crippen molar-refractivity contribution in [1.82, 2.24) is 10.3 Å². The molecule has 0 saturated carbocycles. The van der Waals surface area contributed by atoms with E-state index in [0.29, 0.717) is 17.9 Å². The third-order valence-corrected chi connectivity index (χ3v) is 3.34. The Hall–Kier alpha value is -2.11. The van der Waals surface area contributed by atoms with Crippen molar-refractivity contribution >= 4 is 23.3 Å². The molecule has 0 radical (unpaired) electrons. The average Bonchev–Trinajstić information content (AvgIpc) is 2.52. The molecule has 0 aliphatic carbocycles. The summed E-state index contributed by atoms with van der Waals surface area (Å²) in [6, 6.07) is 13.1. The van der Waals surface area contributed by atoms with Crippen LogP contribution in [0.3, 0.4) is 0 Å². The molecule has 0 saturated heterocycles. The SMILES string of the molecule is CC(CNC(=O)c1cc(Cl)nc(NN)c1)c1ccccc1. The third-order valence-electron chi connectivity index (χ3n) is 3.14. The number of carbonyl (C=O) groups excluding carboxylic acids is 1. The second-order valence-electron chi connectivity index (χ2n) is 4.73. The molecule has 2 rings (SSSR count). The fourth-order valence-electron chi connectivity index (χ4n) is 1.95. The van der Waals surface area contributed by atoms with Gasteiger partial charge in [0.15, 0.2) is 0 Å². The lowest BCUT2D eigenvalue weighted by molar-refractivity contribution is 0.0951. The zero-order valence-electron chi connectivity index (χ0n) is 11.6. The van der Waals surface area contributed by atoms with Crippen molar-refractivity contribution in [2.45, 2.75) is 12.8 Å². The van der Waals surface area contributed by atoms with Crippen LogP contribution < -0.4 is 16.6 Å². The van der Waals surface area contributed by atoms with E-state index in [1.807, 2.05) is 30.3 Å². The molecule has 1 unspecified atom stereocenters. The lowest BCUT2D eigenvalue weighted by atomic mass is 10.0. The van der Waals surface area contributed by atoms with Gasteiger partial charge in [-0.05, 0) is 23.6 Å². The van der Waals surface area contributed by atoms with Crippen molar-refractivity contribution < 1.29 is 4.79 Å². The number of carbonyl (C=O) groups is 1. The molecule has 4 N–H and O–H groups in total. The largest absolute Gasteiger partial charge is 0.351 e. The van der Waals surface area contributed by atoms with Crippen molar-refractivity contribution in [2.75, 3.05) is 12.0 Å². The van der Waals surface area contributed by atoms with Crippen LogP contribution >= 0.6 is 11.6 Å². The number of nitrogens with two attached hydrogens (primary N) is 1. The lowest BCUT2D eigenvalue weighted by Crippen LogP contribution is -2.27. The first-order valence-corrected chi connectivity index (χ1v) is 6.95. The topological polar surface area (TPSA) is 80.0 Å². The number of benzene rings is 1. The standard InChI is InChI=1S/C15H17ClN4O/c1-10(11-5-3-2-4-6-11)9-18-15(21)12-7-13(16)19-14(8-12)20-17/h2-8,10H,9,17H2,1H3,(H,18,21)(H,19,20). The van der Waals surface area contributed by atoms with Gasteiger partial charge in [-0.3, -0.25) is 4.79 Å². The van der Waals surface area contributed by atoms with Gasteiger partial charge in [0, 0.05) is 12.1 Å². The average molecular weight is 305 g/mol. The summed E-state index contributed by atoms with van der Waals surface area (Å²) in [5, 5.41) is 3.10. The van der Waals surface area contributed by atoms with Gasteiger partial charge in [-0.25, -0.2) is 10.8 Å². The van der Waals surface area contributed by atoms with Gasteiger partial charge >= 0.3 is 0 Å². The Balaban J connectivity index is 2.00. The van der Waals surface area contributed by atoms with E-state index >= 15 is 0 Å².